The first kappa shape index (κ1) is 12.4. The summed E-state index contributed by atoms with van der Waals surface area (Å²) in [5.41, 5.74) is 4.26. The van der Waals surface area contributed by atoms with Crippen LogP contribution in [-0.2, 0) is 0 Å². The quantitative estimate of drug-likeness (QED) is 0.763. The minimum absolute atomic E-state index is 0.782. The highest BCUT2D eigenvalue weighted by molar-refractivity contribution is 7.51. The molecular formula is C17H19NP. The topological polar surface area (TPSA) is 3.24 Å². The predicted octanol–water partition coefficient (Wildman–Crippen LogP) is 3.79. The third-order valence-electron chi connectivity index (χ3n) is 3.50. The first-order chi connectivity index (χ1) is 9.40. The first-order valence-electron chi connectivity index (χ1n) is 6.96. The standard InChI is InChI=1S/C17H19NP/c1-2-3-13-18-15-11-7-8-12-16(15)19-17(18)14-9-5-4-6-10-14/h4-12,19H,2-3,13H2,1H3. The Morgan fingerprint density at radius 2 is 1.68 bits per heavy atom. The Bertz CT molecular complexity index is 589. The largest absolute Gasteiger partial charge is 0.337 e. The van der Waals surface area contributed by atoms with Crippen molar-refractivity contribution in [2.75, 3.05) is 11.4 Å². The van der Waals surface area contributed by atoms with E-state index in [9.17, 15) is 0 Å². The van der Waals surface area contributed by atoms with Gasteiger partial charge in [-0.2, -0.15) is 0 Å². The van der Waals surface area contributed by atoms with Crippen LogP contribution in [0.15, 0.2) is 54.6 Å². The van der Waals surface area contributed by atoms with Gasteiger partial charge in [0.1, 0.15) is 0 Å². The van der Waals surface area contributed by atoms with Crippen LogP contribution in [0.5, 0.6) is 0 Å². The van der Waals surface area contributed by atoms with Gasteiger partial charge in [0.05, 0.1) is 11.1 Å². The van der Waals surface area contributed by atoms with Crippen LogP contribution in [0.25, 0.3) is 0 Å². The van der Waals surface area contributed by atoms with Crippen LogP contribution in [0.1, 0.15) is 25.3 Å². The molecule has 1 nitrogen and oxygen atoms in total. The number of benzene rings is 2. The van der Waals surface area contributed by atoms with Crippen molar-refractivity contribution in [3.8, 4) is 0 Å². The minimum atomic E-state index is 0.782. The molecule has 0 spiro atoms. The maximum absolute atomic E-state index is 2.52. The second-order valence-electron chi connectivity index (χ2n) is 4.86. The van der Waals surface area contributed by atoms with E-state index in [0.29, 0.717) is 0 Å². The summed E-state index contributed by atoms with van der Waals surface area (Å²) in [5, 5.41) is 1.48. The number of hydrogen-bond acceptors (Lipinski definition) is 1. The number of rotatable bonds is 4. The number of nitrogens with zero attached hydrogens (tertiary/aromatic N) is 1. The molecule has 2 aromatic rings. The van der Waals surface area contributed by atoms with E-state index >= 15 is 0 Å². The molecule has 1 heterocycles. The van der Waals surface area contributed by atoms with Crippen molar-refractivity contribution in [2.45, 2.75) is 19.8 Å². The van der Waals surface area contributed by atoms with Gasteiger partial charge >= 0.3 is 0 Å². The Hall–Kier alpha value is -1.59. The van der Waals surface area contributed by atoms with Crippen molar-refractivity contribution < 1.29 is 0 Å². The number of unbranched alkanes of at least 4 members (excludes halogenated alkanes) is 1. The second-order valence-corrected chi connectivity index (χ2v) is 6.12. The van der Waals surface area contributed by atoms with Gasteiger partial charge in [0.2, 0.25) is 0 Å². The van der Waals surface area contributed by atoms with Crippen LogP contribution in [0.3, 0.4) is 0 Å². The summed E-state index contributed by atoms with van der Waals surface area (Å²) in [7, 11) is 0.782. The highest BCUT2D eigenvalue weighted by Gasteiger charge is 2.21. The smallest absolute Gasteiger partial charge is 0.0654 e. The van der Waals surface area contributed by atoms with Crippen molar-refractivity contribution in [2.24, 2.45) is 0 Å². The van der Waals surface area contributed by atoms with Gasteiger partial charge in [-0.15, -0.1) is 8.20 Å². The van der Waals surface area contributed by atoms with Crippen LogP contribution in [0, 0.1) is 0 Å². The van der Waals surface area contributed by atoms with E-state index in [2.05, 4.69) is 66.4 Å². The SMILES string of the molecule is CCCCN1C(c2ccccc2)=[PH]c2ccccc21. The van der Waals surface area contributed by atoms with Gasteiger partial charge in [0.15, 0.2) is 0 Å². The molecule has 0 fully saturated rings. The Kier molecular flexibility index (Phi) is 3.66. The molecule has 0 N–H and O–H groups in total. The molecule has 3 rings (SSSR count). The fraction of sp³-hybridized carbons (Fsp3) is 0.235. The van der Waals surface area contributed by atoms with Crippen molar-refractivity contribution >= 4 is 24.6 Å². The lowest BCUT2D eigenvalue weighted by Gasteiger charge is -2.23. The number of para-hydroxylation sites is 1. The number of hydrogen-bond donors (Lipinski definition) is 0. The lowest BCUT2D eigenvalue weighted by atomic mass is 10.2. The summed E-state index contributed by atoms with van der Waals surface area (Å²) in [6, 6.07) is 19.6. The Morgan fingerprint density at radius 1 is 0.947 bits per heavy atom. The Labute approximate surface area is 116 Å². The minimum Gasteiger partial charge on any atom is -0.337 e. The zero-order valence-corrected chi connectivity index (χ0v) is 12.3. The fourth-order valence-corrected chi connectivity index (χ4v) is 3.96. The molecule has 1 aliphatic rings. The van der Waals surface area contributed by atoms with Crippen LogP contribution in [0.2, 0.25) is 0 Å². The number of anilines is 1. The van der Waals surface area contributed by atoms with Gasteiger partial charge in [-0.1, -0.05) is 55.8 Å². The maximum atomic E-state index is 2.52. The summed E-state index contributed by atoms with van der Waals surface area (Å²) in [4.78, 5) is 2.52. The van der Waals surface area contributed by atoms with E-state index in [0.717, 1.165) is 14.7 Å². The molecule has 1 unspecified atom stereocenters. The lowest BCUT2D eigenvalue weighted by molar-refractivity contribution is 0.799. The molecule has 0 aliphatic carbocycles. The summed E-state index contributed by atoms with van der Waals surface area (Å²) in [6.07, 6.45) is 2.49. The lowest BCUT2D eigenvalue weighted by Crippen LogP contribution is -2.29. The van der Waals surface area contributed by atoms with Crippen molar-refractivity contribution in [3.63, 3.8) is 0 Å². The molecular weight excluding hydrogens is 249 g/mol. The van der Waals surface area contributed by atoms with Gasteiger partial charge in [-0.3, -0.25) is 0 Å². The predicted molar refractivity (Wildman–Crippen MR) is 87.2 cm³/mol. The molecule has 19 heavy (non-hydrogen) atoms. The molecule has 2 heteroatoms. The van der Waals surface area contributed by atoms with Gasteiger partial charge in [0.25, 0.3) is 0 Å². The molecule has 2 aromatic carbocycles. The van der Waals surface area contributed by atoms with Crippen LogP contribution in [0.4, 0.5) is 5.69 Å². The van der Waals surface area contributed by atoms with Gasteiger partial charge in [0, 0.05) is 17.4 Å². The van der Waals surface area contributed by atoms with Crippen molar-refractivity contribution in [3.05, 3.63) is 60.2 Å². The van der Waals surface area contributed by atoms with E-state index in [4.69, 9.17) is 0 Å². The van der Waals surface area contributed by atoms with E-state index in [1.165, 1.54) is 34.8 Å². The molecule has 0 amide bonds. The second kappa shape index (κ2) is 5.59. The van der Waals surface area contributed by atoms with E-state index < -0.39 is 0 Å². The molecule has 0 saturated carbocycles. The highest BCUT2D eigenvalue weighted by Crippen LogP contribution is 2.29. The van der Waals surface area contributed by atoms with Crippen LogP contribution >= 0.6 is 8.20 Å². The summed E-state index contributed by atoms with van der Waals surface area (Å²) < 4.78 is 0. The van der Waals surface area contributed by atoms with E-state index in [-0.39, 0.29) is 0 Å². The molecule has 1 atom stereocenters. The number of fused-ring (bicyclic) bond motifs is 1. The van der Waals surface area contributed by atoms with Crippen LogP contribution < -0.4 is 10.2 Å². The Balaban J connectivity index is 1.99. The normalized spacial score (nSPS) is 14.2. The molecule has 0 aromatic heterocycles. The van der Waals surface area contributed by atoms with Gasteiger partial charge in [-0.05, 0) is 18.6 Å². The zero-order chi connectivity index (χ0) is 13.1. The zero-order valence-electron chi connectivity index (χ0n) is 11.3. The highest BCUT2D eigenvalue weighted by atomic mass is 31.1. The Morgan fingerprint density at radius 3 is 2.47 bits per heavy atom. The van der Waals surface area contributed by atoms with Crippen LogP contribution in [-0.4, -0.2) is 12.0 Å². The van der Waals surface area contributed by atoms with Gasteiger partial charge in [-0.25, -0.2) is 0 Å². The third-order valence-corrected chi connectivity index (χ3v) is 4.99. The molecule has 1 aliphatic heterocycles. The summed E-state index contributed by atoms with van der Waals surface area (Å²) >= 11 is 0. The van der Waals surface area contributed by atoms with E-state index in [1.807, 2.05) is 0 Å². The average Bonchev–Trinajstić information content (AvgIpc) is 2.85. The fourth-order valence-electron chi connectivity index (χ4n) is 2.50. The molecule has 1 radical (unpaired) electrons. The summed E-state index contributed by atoms with van der Waals surface area (Å²) in [6.45, 7) is 3.39. The monoisotopic (exact) mass is 268 g/mol. The van der Waals surface area contributed by atoms with Crippen molar-refractivity contribution in [1.82, 2.24) is 0 Å². The molecule has 0 bridgehead atoms. The maximum Gasteiger partial charge on any atom is 0.0654 e. The molecule has 0 saturated heterocycles. The van der Waals surface area contributed by atoms with E-state index in [1.54, 1.807) is 0 Å². The third kappa shape index (κ3) is 2.43. The average molecular weight is 268 g/mol. The summed E-state index contributed by atoms with van der Waals surface area (Å²) in [5.74, 6) is 0. The van der Waals surface area contributed by atoms with Gasteiger partial charge < -0.3 is 4.90 Å². The molecule has 97 valence electrons. The van der Waals surface area contributed by atoms with Crippen molar-refractivity contribution in [1.29, 1.82) is 0 Å². The first-order valence-corrected chi connectivity index (χ1v) is 7.96.